The van der Waals surface area contributed by atoms with Crippen LogP contribution in [-0.4, -0.2) is 35.3 Å². The summed E-state index contributed by atoms with van der Waals surface area (Å²) in [6, 6.07) is 0.0992. The molecule has 2 rings (SSSR count). The van der Waals surface area contributed by atoms with E-state index in [0.717, 1.165) is 35.6 Å². The van der Waals surface area contributed by atoms with Crippen molar-refractivity contribution in [1.82, 2.24) is 14.7 Å². The minimum absolute atomic E-state index is 0.0992. The smallest absolute Gasteiger partial charge is 0.0694 e. The average molecular weight is 329 g/mol. The lowest BCUT2D eigenvalue weighted by molar-refractivity contribution is 0.359. The van der Waals surface area contributed by atoms with Crippen molar-refractivity contribution in [2.75, 3.05) is 20.6 Å². The lowest BCUT2D eigenvalue weighted by atomic mass is 9.97. The Morgan fingerprint density at radius 2 is 2.16 bits per heavy atom. The Kier molecular flexibility index (Phi) is 5.42. The van der Waals surface area contributed by atoms with Crippen LogP contribution in [0.5, 0.6) is 0 Å². The number of nitrogens with two attached hydrogens (primary N) is 1. The lowest BCUT2D eigenvalue weighted by Gasteiger charge is -2.19. The molecule has 1 unspecified atom stereocenters. The molecule has 1 fully saturated rings. The molecule has 4 nitrogen and oxygen atoms in total. The molecule has 0 amide bonds. The topological polar surface area (TPSA) is 47.1 Å². The molecule has 1 heterocycles. The van der Waals surface area contributed by atoms with Crippen molar-refractivity contribution in [1.29, 1.82) is 0 Å². The van der Waals surface area contributed by atoms with Crippen molar-refractivity contribution in [3.05, 3.63) is 16.4 Å². The van der Waals surface area contributed by atoms with Crippen LogP contribution in [0.4, 0.5) is 0 Å². The molecule has 1 aromatic rings. The van der Waals surface area contributed by atoms with Crippen LogP contribution in [0.2, 0.25) is 0 Å². The normalized spacial score (nSPS) is 18.4. The molecule has 2 N–H and O–H groups in total. The second-order valence-electron chi connectivity index (χ2n) is 5.90. The van der Waals surface area contributed by atoms with Gasteiger partial charge in [-0.15, -0.1) is 0 Å². The van der Waals surface area contributed by atoms with Crippen LogP contribution in [0.3, 0.4) is 0 Å². The Bertz CT molecular complexity index is 396. The monoisotopic (exact) mass is 328 g/mol. The molecule has 1 atom stereocenters. The first-order valence-corrected chi connectivity index (χ1v) is 7.98. The minimum atomic E-state index is 0.0992. The highest BCUT2D eigenvalue weighted by molar-refractivity contribution is 9.10. The Balaban J connectivity index is 2.02. The maximum absolute atomic E-state index is 6.42. The van der Waals surface area contributed by atoms with E-state index in [2.05, 4.69) is 44.7 Å². The summed E-state index contributed by atoms with van der Waals surface area (Å²) < 4.78 is 3.11. The predicted molar refractivity (Wildman–Crippen MR) is 82.0 cm³/mol. The molecule has 0 aromatic carbocycles. The number of aromatic nitrogens is 2. The Hall–Kier alpha value is -0.390. The molecule has 1 saturated carbocycles. The summed E-state index contributed by atoms with van der Waals surface area (Å²) >= 11 is 3.60. The maximum Gasteiger partial charge on any atom is 0.0694 e. The molecule has 1 aromatic heterocycles. The van der Waals surface area contributed by atoms with Gasteiger partial charge in [-0.1, -0.05) is 25.7 Å². The predicted octanol–water partition coefficient (Wildman–Crippen LogP) is 2.79. The van der Waals surface area contributed by atoms with Crippen molar-refractivity contribution < 1.29 is 0 Å². The van der Waals surface area contributed by atoms with E-state index in [0.29, 0.717) is 0 Å². The number of rotatable bonds is 6. The highest BCUT2D eigenvalue weighted by Crippen LogP contribution is 2.33. The fourth-order valence-corrected chi connectivity index (χ4v) is 3.52. The molecular weight excluding hydrogens is 304 g/mol. The third kappa shape index (κ3) is 4.04. The largest absolute Gasteiger partial charge is 0.323 e. The second kappa shape index (κ2) is 6.86. The third-order valence-corrected chi connectivity index (χ3v) is 4.62. The number of nitrogens with zero attached hydrogens (tertiary/aromatic N) is 3. The van der Waals surface area contributed by atoms with Crippen molar-refractivity contribution in [2.24, 2.45) is 11.7 Å². The van der Waals surface area contributed by atoms with E-state index in [9.17, 15) is 0 Å². The second-order valence-corrected chi connectivity index (χ2v) is 6.75. The van der Waals surface area contributed by atoms with Crippen molar-refractivity contribution in [3.8, 4) is 0 Å². The number of halogens is 1. The van der Waals surface area contributed by atoms with Crippen molar-refractivity contribution in [3.63, 3.8) is 0 Å². The van der Waals surface area contributed by atoms with E-state index in [1.807, 2.05) is 6.20 Å². The average Bonchev–Trinajstić information content (AvgIpc) is 2.96. The highest BCUT2D eigenvalue weighted by atomic mass is 79.9. The van der Waals surface area contributed by atoms with Crippen LogP contribution >= 0.6 is 15.9 Å². The Labute approximate surface area is 124 Å². The van der Waals surface area contributed by atoms with Gasteiger partial charge in [0.15, 0.2) is 0 Å². The summed E-state index contributed by atoms with van der Waals surface area (Å²) in [6.45, 7) is 1.88. The zero-order chi connectivity index (χ0) is 13.8. The number of likely N-dealkylation sites (N-methyl/N-ethyl adjacent to an activating group) is 1. The van der Waals surface area contributed by atoms with Crippen LogP contribution in [0.15, 0.2) is 10.7 Å². The molecule has 0 saturated heterocycles. The van der Waals surface area contributed by atoms with Gasteiger partial charge in [0.2, 0.25) is 0 Å². The SMILES string of the molecule is CN(C)CCn1ncc(Br)c1C(N)CC1CCCC1. The lowest BCUT2D eigenvalue weighted by Crippen LogP contribution is -2.24. The van der Waals surface area contributed by atoms with Gasteiger partial charge in [-0.05, 0) is 42.4 Å². The molecule has 0 bridgehead atoms. The van der Waals surface area contributed by atoms with Crippen LogP contribution in [0.25, 0.3) is 0 Å². The van der Waals surface area contributed by atoms with Crippen molar-refractivity contribution in [2.45, 2.75) is 44.7 Å². The van der Waals surface area contributed by atoms with Crippen LogP contribution in [0, 0.1) is 5.92 Å². The van der Waals surface area contributed by atoms with Gasteiger partial charge in [0.05, 0.1) is 22.9 Å². The molecule has 19 heavy (non-hydrogen) atoms. The van der Waals surface area contributed by atoms with E-state index in [4.69, 9.17) is 5.73 Å². The Morgan fingerprint density at radius 3 is 2.79 bits per heavy atom. The van der Waals surface area contributed by atoms with Crippen LogP contribution in [-0.2, 0) is 6.54 Å². The first-order valence-electron chi connectivity index (χ1n) is 7.19. The summed E-state index contributed by atoms with van der Waals surface area (Å²) in [5.74, 6) is 0.805. The van der Waals surface area contributed by atoms with E-state index < -0.39 is 0 Å². The highest BCUT2D eigenvalue weighted by Gasteiger charge is 2.23. The van der Waals surface area contributed by atoms with E-state index in [-0.39, 0.29) is 6.04 Å². The molecule has 1 aliphatic rings. The number of hydrogen-bond donors (Lipinski definition) is 1. The van der Waals surface area contributed by atoms with E-state index in [1.54, 1.807) is 0 Å². The summed E-state index contributed by atoms with van der Waals surface area (Å²) in [7, 11) is 4.16. The summed E-state index contributed by atoms with van der Waals surface area (Å²) in [5, 5.41) is 4.45. The molecule has 0 spiro atoms. The van der Waals surface area contributed by atoms with Gasteiger partial charge >= 0.3 is 0 Å². The first kappa shape index (κ1) is 15.0. The fourth-order valence-electron chi connectivity index (χ4n) is 2.93. The van der Waals surface area contributed by atoms with E-state index >= 15 is 0 Å². The summed E-state index contributed by atoms with van der Waals surface area (Å²) in [6.07, 6.45) is 8.40. The Morgan fingerprint density at radius 1 is 1.47 bits per heavy atom. The van der Waals surface area contributed by atoms with Crippen molar-refractivity contribution >= 4 is 15.9 Å². The van der Waals surface area contributed by atoms with Crippen LogP contribution in [0.1, 0.15) is 43.8 Å². The number of hydrogen-bond acceptors (Lipinski definition) is 3. The van der Waals surface area contributed by atoms with Gasteiger partial charge in [0, 0.05) is 12.6 Å². The molecule has 0 aliphatic heterocycles. The summed E-state index contributed by atoms with van der Waals surface area (Å²) in [5.41, 5.74) is 7.58. The van der Waals surface area contributed by atoms with Gasteiger partial charge < -0.3 is 10.6 Å². The fraction of sp³-hybridized carbons (Fsp3) is 0.786. The van der Waals surface area contributed by atoms with Gasteiger partial charge in [0.25, 0.3) is 0 Å². The maximum atomic E-state index is 6.42. The molecule has 0 radical (unpaired) electrons. The first-order chi connectivity index (χ1) is 9.08. The molecular formula is C14H25BrN4. The van der Waals surface area contributed by atoms with Gasteiger partial charge in [0.1, 0.15) is 0 Å². The molecule has 1 aliphatic carbocycles. The summed E-state index contributed by atoms with van der Waals surface area (Å²) in [4.78, 5) is 2.17. The zero-order valence-electron chi connectivity index (χ0n) is 12.0. The van der Waals surface area contributed by atoms with E-state index in [1.165, 1.54) is 25.7 Å². The zero-order valence-corrected chi connectivity index (χ0v) is 13.6. The third-order valence-electron chi connectivity index (χ3n) is 4.01. The van der Waals surface area contributed by atoms with Gasteiger partial charge in [-0.25, -0.2) is 0 Å². The minimum Gasteiger partial charge on any atom is -0.323 e. The van der Waals surface area contributed by atoms with Gasteiger partial charge in [-0.3, -0.25) is 4.68 Å². The quantitative estimate of drug-likeness (QED) is 0.873. The standard InChI is InChI=1S/C14H25BrN4/c1-18(2)7-8-19-14(12(15)10-17-19)13(16)9-11-5-3-4-6-11/h10-11,13H,3-9,16H2,1-2H3. The molecule has 5 heteroatoms. The van der Waals surface area contributed by atoms with Crippen LogP contribution < -0.4 is 5.73 Å². The van der Waals surface area contributed by atoms with Gasteiger partial charge in [-0.2, -0.15) is 5.10 Å². The molecule has 108 valence electrons.